The molecule has 0 aliphatic carbocycles. The summed E-state index contributed by atoms with van der Waals surface area (Å²) in [6, 6.07) is 1.78. The topological polar surface area (TPSA) is 94.3 Å². The zero-order valence-corrected chi connectivity index (χ0v) is 11.3. The Labute approximate surface area is 112 Å². The summed E-state index contributed by atoms with van der Waals surface area (Å²) in [7, 11) is 1.61. The molecule has 1 fully saturated rings. The molecule has 0 saturated carbocycles. The van der Waals surface area contributed by atoms with Crippen LogP contribution in [-0.2, 0) is 16.1 Å². The van der Waals surface area contributed by atoms with Gasteiger partial charge in [-0.15, -0.1) is 0 Å². The number of nitrogens with one attached hydrogen (secondary N) is 2. The van der Waals surface area contributed by atoms with Gasteiger partial charge in [-0.3, -0.25) is 0 Å². The van der Waals surface area contributed by atoms with Crippen molar-refractivity contribution in [1.29, 1.82) is 0 Å². The number of anilines is 2. The SMILES string of the molecule is COCc1nc(NN)cc(NCC2CCOC2C)n1. The average Bonchev–Trinajstić information content (AvgIpc) is 2.82. The monoisotopic (exact) mass is 267 g/mol. The minimum Gasteiger partial charge on any atom is -0.378 e. The summed E-state index contributed by atoms with van der Waals surface area (Å²) in [5.74, 6) is 7.81. The molecule has 1 saturated heterocycles. The number of hydrazine groups is 1. The van der Waals surface area contributed by atoms with Crippen molar-refractivity contribution >= 4 is 11.6 Å². The summed E-state index contributed by atoms with van der Waals surface area (Å²) in [6.07, 6.45) is 1.37. The average molecular weight is 267 g/mol. The zero-order valence-electron chi connectivity index (χ0n) is 11.3. The normalized spacial score (nSPS) is 22.5. The number of nitrogens with two attached hydrogens (primary N) is 1. The molecule has 0 radical (unpaired) electrons. The Balaban J connectivity index is 2.00. The first kappa shape index (κ1) is 14.0. The van der Waals surface area contributed by atoms with Gasteiger partial charge in [0.15, 0.2) is 5.82 Å². The molecule has 7 nitrogen and oxygen atoms in total. The fourth-order valence-corrected chi connectivity index (χ4v) is 2.14. The molecule has 1 aliphatic heterocycles. The maximum Gasteiger partial charge on any atom is 0.158 e. The Hall–Kier alpha value is -1.44. The van der Waals surface area contributed by atoms with Crippen molar-refractivity contribution in [2.75, 3.05) is 31.0 Å². The van der Waals surface area contributed by atoms with Crippen LogP contribution in [0.2, 0.25) is 0 Å². The minimum atomic E-state index is 0.292. The van der Waals surface area contributed by atoms with E-state index in [1.807, 2.05) is 0 Å². The van der Waals surface area contributed by atoms with Gasteiger partial charge in [0.1, 0.15) is 18.2 Å². The summed E-state index contributed by atoms with van der Waals surface area (Å²) in [5.41, 5.74) is 2.53. The number of nitrogen functional groups attached to an aromatic ring is 1. The number of rotatable bonds is 6. The smallest absolute Gasteiger partial charge is 0.158 e. The molecule has 4 N–H and O–H groups in total. The standard InChI is InChI=1S/C12H21N5O2/c1-8-9(3-4-19-8)6-14-10-5-11(17-13)16-12(15-10)7-18-2/h5,8-9H,3-4,6-7,13H2,1-2H3,(H2,14,15,16,17). The molecule has 7 heteroatoms. The molecule has 0 aromatic carbocycles. The number of methoxy groups -OCH3 is 1. The summed E-state index contributed by atoms with van der Waals surface area (Å²) < 4.78 is 10.6. The second kappa shape index (κ2) is 6.65. The highest BCUT2D eigenvalue weighted by Crippen LogP contribution is 2.21. The maximum absolute atomic E-state index is 5.54. The van der Waals surface area contributed by atoms with Crippen LogP contribution >= 0.6 is 0 Å². The molecule has 2 rings (SSSR count). The van der Waals surface area contributed by atoms with Crippen LogP contribution in [0.25, 0.3) is 0 Å². The lowest BCUT2D eigenvalue weighted by Crippen LogP contribution is -2.21. The van der Waals surface area contributed by atoms with E-state index in [4.69, 9.17) is 15.3 Å². The molecule has 106 valence electrons. The molecule has 0 spiro atoms. The Bertz CT molecular complexity index is 415. The van der Waals surface area contributed by atoms with Crippen LogP contribution < -0.4 is 16.6 Å². The lowest BCUT2D eigenvalue weighted by Gasteiger charge is -2.15. The van der Waals surface area contributed by atoms with Crippen LogP contribution in [0.4, 0.5) is 11.6 Å². The van der Waals surface area contributed by atoms with E-state index in [2.05, 4.69) is 27.6 Å². The number of aromatic nitrogens is 2. The van der Waals surface area contributed by atoms with Gasteiger partial charge in [-0.1, -0.05) is 0 Å². The quantitative estimate of drug-likeness (QED) is 0.517. The minimum absolute atomic E-state index is 0.292. The van der Waals surface area contributed by atoms with E-state index < -0.39 is 0 Å². The molecule has 1 aromatic rings. The van der Waals surface area contributed by atoms with Crippen molar-refractivity contribution in [3.63, 3.8) is 0 Å². The molecule has 0 bridgehead atoms. The first-order chi connectivity index (χ1) is 9.22. The van der Waals surface area contributed by atoms with Crippen molar-refractivity contribution in [2.24, 2.45) is 11.8 Å². The molecule has 2 heterocycles. The molecular formula is C12H21N5O2. The summed E-state index contributed by atoms with van der Waals surface area (Å²) in [4.78, 5) is 8.57. The van der Waals surface area contributed by atoms with Crippen molar-refractivity contribution in [1.82, 2.24) is 9.97 Å². The van der Waals surface area contributed by atoms with E-state index in [0.717, 1.165) is 25.4 Å². The number of hydrogen-bond donors (Lipinski definition) is 3. The highest BCUT2D eigenvalue weighted by Gasteiger charge is 2.23. The zero-order chi connectivity index (χ0) is 13.7. The van der Waals surface area contributed by atoms with Crippen LogP contribution in [-0.4, -0.2) is 36.3 Å². The van der Waals surface area contributed by atoms with Gasteiger partial charge in [0, 0.05) is 32.2 Å². The number of hydrogen-bond acceptors (Lipinski definition) is 7. The van der Waals surface area contributed by atoms with Crippen molar-refractivity contribution < 1.29 is 9.47 Å². The third-order valence-corrected chi connectivity index (χ3v) is 3.27. The van der Waals surface area contributed by atoms with Crippen molar-refractivity contribution in [2.45, 2.75) is 26.1 Å². The van der Waals surface area contributed by atoms with Crippen molar-refractivity contribution in [3.05, 3.63) is 11.9 Å². The number of nitrogens with zero attached hydrogens (tertiary/aromatic N) is 2. The summed E-state index contributed by atoms with van der Waals surface area (Å²) in [5, 5.41) is 3.31. The fourth-order valence-electron chi connectivity index (χ4n) is 2.14. The van der Waals surface area contributed by atoms with Gasteiger partial charge in [0.05, 0.1) is 6.10 Å². The molecule has 1 aromatic heterocycles. The van der Waals surface area contributed by atoms with Crippen LogP contribution in [0.3, 0.4) is 0 Å². The first-order valence-electron chi connectivity index (χ1n) is 6.42. The Kier molecular flexibility index (Phi) is 4.89. The van der Waals surface area contributed by atoms with Crippen molar-refractivity contribution in [3.8, 4) is 0 Å². The van der Waals surface area contributed by atoms with Gasteiger partial charge in [-0.2, -0.15) is 0 Å². The summed E-state index contributed by atoms with van der Waals surface area (Å²) in [6.45, 7) is 4.12. The highest BCUT2D eigenvalue weighted by molar-refractivity contribution is 5.46. The molecule has 2 atom stereocenters. The predicted octanol–water partition coefficient (Wildman–Crippen LogP) is 0.745. The maximum atomic E-state index is 5.54. The number of ether oxygens (including phenoxy) is 2. The van der Waals surface area contributed by atoms with E-state index >= 15 is 0 Å². The van der Waals surface area contributed by atoms with Crippen LogP contribution in [0.15, 0.2) is 6.07 Å². The van der Waals surface area contributed by atoms with E-state index in [1.54, 1.807) is 13.2 Å². The molecule has 0 amide bonds. The van der Waals surface area contributed by atoms with Crippen LogP contribution in [0.1, 0.15) is 19.2 Å². The third kappa shape index (κ3) is 3.76. The molecule has 19 heavy (non-hydrogen) atoms. The lowest BCUT2D eigenvalue weighted by molar-refractivity contribution is 0.108. The second-order valence-electron chi connectivity index (χ2n) is 4.64. The summed E-state index contributed by atoms with van der Waals surface area (Å²) >= 11 is 0. The lowest BCUT2D eigenvalue weighted by atomic mass is 10.0. The van der Waals surface area contributed by atoms with Gasteiger partial charge in [0.25, 0.3) is 0 Å². The van der Waals surface area contributed by atoms with E-state index in [9.17, 15) is 0 Å². The second-order valence-corrected chi connectivity index (χ2v) is 4.64. The van der Waals surface area contributed by atoms with Gasteiger partial charge in [-0.25, -0.2) is 15.8 Å². The van der Waals surface area contributed by atoms with E-state index in [-0.39, 0.29) is 0 Å². The van der Waals surface area contributed by atoms with E-state index in [1.165, 1.54) is 0 Å². The Morgan fingerprint density at radius 2 is 2.26 bits per heavy atom. The van der Waals surface area contributed by atoms with Crippen LogP contribution in [0.5, 0.6) is 0 Å². The third-order valence-electron chi connectivity index (χ3n) is 3.27. The molecule has 1 aliphatic rings. The molecular weight excluding hydrogens is 246 g/mol. The first-order valence-corrected chi connectivity index (χ1v) is 6.42. The van der Waals surface area contributed by atoms with E-state index in [0.29, 0.717) is 30.3 Å². The van der Waals surface area contributed by atoms with Gasteiger partial charge < -0.3 is 20.2 Å². The largest absolute Gasteiger partial charge is 0.378 e. The fraction of sp³-hybridized carbons (Fsp3) is 0.667. The molecule has 2 unspecified atom stereocenters. The van der Waals surface area contributed by atoms with Crippen LogP contribution in [0, 0.1) is 5.92 Å². The van der Waals surface area contributed by atoms with Gasteiger partial charge in [-0.05, 0) is 13.3 Å². The predicted molar refractivity (Wildman–Crippen MR) is 72.6 cm³/mol. The highest BCUT2D eigenvalue weighted by atomic mass is 16.5. The van der Waals surface area contributed by atoms with Gasteiger partial charge >= 0.3 is 0 Å². The Morgan fingerprint density at radius 1 is 1.47 bits per heavy atom. The van der Waals surface area contributed by atoms with Gasteiger partial charge in [0.2, 0.25) is 0 Å². The Morgan fingerprint density at radius 3 is 2.89 bits per heavy atom.